The number of hydrogen-bond acceptors (Lipinski definition) is 4. The van der Waals surface area contributed by atoms with Crippen LogP contribution < -0.4 is 14.8 Å². The molecule has 1 aliphatic rings. The number of nitrogens with zero attached hydrogens (tertiary/aromatic N) is 1. The van der Waals surface area contributed by atoms with E-state index in [1.807, 2.05) is 4.90 Å². The molecule has 3 rings (SSSR count). The van der Waals surface area contributed by atoms with Gasteiger partial charge in [0.2, 0.25) is 5.91 Å². The molecule has 1 fully saturated rings. The second-order valence-corrected chi connectivity index (χ2v) is 7.73. The van der Waals surface area contributed by atoms with Gasteiger partial charge in [-0.2, -0.15) is 0 Å². The molecule has 2 amide bonds. The lowest BCUT2D eigenvalue weighted by Crippen LogP contribution is -2.41. The fourth-order valence-corrected chi connectivity index (χ4v) is 3.76. The van der Waals surface area contributed by atoms with Gasteiger partial charge in [-0.05, 0) is 61.1 Å². The number of hydrogen-bond donors (Lipinski definition) is 1. The Morgan fingerprint density at radius 2 is 1.71 bits per heavy atom. The minimum absolute atomic E-state index is 0.122. The Morgan fingerprint density at radius 1 is 1.03 bits per heavy atom. The van der Waals surface area contributed by atoms with Crippen LogP contribution in [0.3, 0.4) is 0 Å². The van der Waals surface area contributed by atoms with E-state index in [1.54, 1.807) is 37.4 Å². The summed E-state index contributed by atoms with van der Waals surface area (Å²) in [5, 5.41) is 2.98. The second-order valence-electron chi connectivity index (χ2n) is 7.73. The largest absolute Gasteiger partial charge is 0.493 e. The van der Waals surface area contributed by atoms with Gasteiger partial charge in [-0.25, -0.2) is 4.39 Å². The molecule has 166 valence electrons. The predicted octanol–water partition coefficient (Wildman–Crippen LogP) is 3.44. The van der Waals surface area contributed by atoms with Gasteiger partial charge in [0, 0.05) is 31.6 Å². The monoisotopic (exact) mass is 428 g/mol. The molecule has 1 heterocycles. The van der Waals surface area contributed by atoms with Gasteiger partial charge < -0.3 is 19.7 Å². The number of aryl methyl sites for hydroxylation is 1. The third kappa shape index (κ3) is 6.20. The Balaban J connectivity index is 1.41. The number of nitrogens with one attached hydrogen (secondary N) is 1. The first-order chi connectivity index (χ1) is 15.0. The molecule has 0 spiro atoms. The Kier molecular flexibility index (Phi) is 7.87. The summed E-state index contributed by atoms with van der Waals surface area (Å²) in [6.07, 6.45) is 2.75. The van der Waals surface area contributed by atoms with Crippen LogP contribution in [0.2, 0.25) is 0 Å². The maximum Gasteiger partial charge on any atom is 0.251 e. The van der Waals surface area contributed by atoms with Gasteiger partial charge >= 0.3 is 0 Å². The molecular formula is C24H29FN2O4. The fourth-order valence-electron chi connectivity index (χ4n) is 3.76. The number of amides is 2. The van der Waals surface area contributed by atoms with Crippen molar-refractivity contribution in [1.29, 1.82) is 0 Å². The van der Waals surface area contributed by atoms with Gasteiger partial charge in [-0.3, -0.25) is 9.59 Å². The molecule has 0 unspecified atom stereocenters. The Morgan fingerprint density at radius 3 is 2.35 bits per heavy atom. The number of rotatable bonds is 8. The number of carbonyl (C=O) groups is 2. The summed E-state index contributed by atoms with van der Waals surface area (Å²) >= 11 is 0. The van der Waals surface area contributed by atoms with Crippen LogP contribution in [0.25, 0.3) is 0 Å². The third-order valence-corrected chi connectivity index (χ3v) is 5.71. The molecule has 0 aliphatic carbocycles. The standard InChI is InChI=1S/C24H29FN2O4/c1-30-21-9-6-19(15-22(21)31-2)24(29)26-16-18-11-13-27(14-12-18)23(28)10-5-17-3-7-20(25)8-4-17/h3-4,6-9,15,18H,5,10-14,16H2,1-2H3,(H,26,29). The molecule has 0 saturated carbocycles. The van der Waals surface area contributed by atoms with E-state index >= 15 is 0 Å². The van der Waals surface area contributed by atoms with Crippen LogP contribution in [-0.2, 0) is 11.2 Å². The summed E-state index contributed by atoms with van der Waals surface area (Å²) in [5.74, 6) is 1.13. The highest BCUT2D eigenvalue weighted by Gasteiger charge is 2.23. The zero-order valence-corrected chi connectivity index (χ0v) is 18.0. The van der Waals surface area contributed by atoms with Crippen molar-refractivity contribution >= 4 is 11.8 Å². The highest BCUT2D eigenvalue weighted by molar-refractivity contribution is 5.94. The van der Waals surface area contributed by atoms with Crippen molar-refractivity contribution in [2.45, 2.75) is 25.7 Å². The molecule has 6 nitrogen and oxygen atoms in total. The van der Waals surface area contributed by atoms with Crippen molar-refractivity contribution in [2.24, 2.45) is 5.92 Å². The number of likely N-dealkylation sites (tertiary alicyclic amines) is 1. The molecular weight excluding hydrogens is 399 g/mol. The molecule has 0 aromatic heterocycles. The molecule has 31 heavy (non-hydrogen) atoms. The van der Waals surface area contributed by atoms with Crippen LogP contribution in [0.1, 0.15) is 35.2 Å². The minimum Gasteiger partial charge on any atom is -0.493 e. The molecule has 7 heteroatoms. The molecule has 0 radical (unpaired) electrons. The van der Waals surface area contributed by atoms with E-state index in [0.29, 0.717) is 55.5 Å². The highest BCUT2D eigenvalue weighted by atomic mass is 19.1. The van der Waals surface area contributed by atoms with Gasteiger partial charge in [-0.1, -0.05) is 12.1 Å². The molecule has 0 bridgehead atoms. The Hall–Kier alpha value is -3.09. The van der Waals surface area contributed by atoms with Gasteiger partial charge in [0.15, 0.2) is 11.5 Å². The van der Waals surface area contributed by atoms with Crippen molar-refractivity contribution in [3.05, 3.63) is 59.4 Å². The van der Waals surface area contributed by atoms with Crippen LogP contribution >= 0.6 is 0 Å². The lowest BCUT2D eigenvalue weighted by molar-refractivity contribution is -0.132. The number of halogens is 1. The lowest BCUT2D eigenvalue weighted by Gasteiger charge is -2.32. The van der Waals surface area contributed by atoms with Crippen molar-refractivity contribution in [3.8, 4) is 11.5 Å². The maximum absolute atomic E-state index is 13.0. The molecule has 1 aliphatic heterocycles. The van der Waals surface area contributed by atoms with E-state index in [-0.39, 0.29) is 17.6 Å². The van der Waals surface area contributed by atoms with Gasteiger partial charge in [0.05, 0.1) is 14.2 Å². The number of carbonyl (C=O) groups excluding carboxylic acids is 2. The SMILES string of the molecule is COc1ccc(C(=O)NCC2CCN(C(=O)CCc3ccc(F)cc3)CC2)cc1OC. The first kappa shape index (κ1) is 22.6. The maximum atomic E-state index is 13.0. The number of benzene rings is 2. The first-order valence-electron chi connectivity index (χ1n) is 10.5. The highest BCUT2D eigenvalue weighted by Crippen LogP contribution is 2.27. The van der Waals surface area contributed by atoms with Gasteiger partial charge in [0.1, 0.15) is 5.82 Å². The van der Waals surface area contributed by atoms with Crippen LogP contribution in [-0.4, -0.2) is 50.6 Å². The third-order valence-electron chi connectivity index (χ3n) is 5.71. The van der Waals surface area contributed by atoms with E-state index in [4.69, 9.17) is 9.47 Å². The Labute approximate surface area is 182 Å². The summed E-state index contributed by atoms with van der Waals surface area (Å²) < 4.78 is 23.4. The zero-order chi connectivity index (χ0) is 22.2. The summed E-state index contributed by atoms with van der Waals surface area (Å²) in [6, 6.07) is 11.4. The van der Waals surface area contributed by atoms with Gasteiger partial charge in [-0.15, -0.1) is 0 Å². The van der Waals surface area contributed by atoms with Crippen molar-refractivity contribution < 1.29 is 23.5 Å². The normalized spacial score (nSPS) is 14.2. The summed E-state index contributed by atoms with van der Waals surface area (Å²) in [4.78, 5) is 26.8. The predicted molar refractivity (Wildman–Crippen MR) is 116 cm³/mol. The van der Waals surface area contributed by atoms with Gasteiger partial charge in [0.25, 0.3) is 5.91 Å². The number of methoxy groups -OCH3 is 2. The van der Waals surface area contributed by atoms with Crippen LogP contribution in [0, 0.1) is 11.7 Å². The summed E-state index contributed by atoms with van der Waals surface area (Å²) in [6.45, 7) is 1.96. The quantitative estimate of drug-likeness (QED) is 0.699. The molecule has 2 aromatic carbocycles. The van der Waals surface area contributed by atoms with Crippen molar-refractivity contribution in [2.75, 3.05) is 33.9 Å². The molecule has 0 atom stereocenters. The van der Waals surface area contributed by atoms with E-state index in [0.717, 1.165) is 18.4 Å². The van der Waals surface area contributed by atoms with Crippen molar-refractivity contribution in [3.63, 3.8) is 0 Å². The lowest BCUT2D eigenvalue weighted by atomic mass is 9.96. The summed E-state index contributed by atoms with van der Waals surface area (Å²) in [7, 11) is 3.09. The van der Waals surface area contributed by atoms with E-state index in [9.17, 15) is 14.0 Å². The minimum atomic E-state index is -0.268. The summed E-state index contributed by atoms with van der Waals surface area (Å²) in [5.41, 5.74) is 1.48. The Bertz CT molecular complexity index is 893. The van der Waals surface area contributed by atoms with E-state index in [2.05, 4.69) is 5.32 Å². The second kappa shape index (κ2) is 10.8. The first-order valence-corrected chi connectivity index (χ1v) is 10.5. The molecule has 1 saturated heterocycles. The zero-order valence-electron chi connectivity index (χ0n) is 18.0. The number of piperidine rings is 1. The van der Waals surface area contributed by atoms with E-state index < -0.39 is 0 Å². The average Bonchev–Trinajstić information content (AvgIpc) is 2.81. The number of ether oxygens (including phenoxy) is 2. The van der Waals surface area contributed by atoms with Crippen LogP contribution in [0.5, 0.6) is 11.5 Å². The smallest absolute Gasteiger partial charge is 0.251 e. The molecule has 2 aromatic rings. The van der Waals surface area contributed by atoms with Crippen LogP contribution in [0.4, 0.5) is 4.39 Å². The molecule has 1 N–H and O–H groups in total. The fraction of sp³-hybridized carbons (Fsp3) is 0.417. The van der Waals surface area contributed by atoms with Crippen LogP contribution in [0.15, 0.2) is 42.5 Å². The van der Waals surface area contributed by atoms with Crippen molar-refractivity contribution in [1.82, 2.24) is 10.2 Å². The average molecular weight is 429 g/mol. The van der Waals surface area contributed by atoms with E-state index in [1.165, 1.54) is 19.2 Å². The topological polar surface area (TPSA) is 67.9 Å².